The van der Waals surface area contributed by atoms with Gasteiger partial charge in [0.2, 0.25) is 11.9 Å². The Balaban J connectivity index is 1.22. The third kappa shape index (κ3) is 10.1. The lowest BCUT2D eigenvalue weighted by atomic mass is 10.1. The number of carbonyl (C=O) groups excluding carboxylic acids is 3. The number of nitrogen functional groups attached to an aromatic ring is 1. The molecule has 0 bridgehead atoms. The van der Waals surface area contributed by atoms with Crippen LogP contribution in [0.4, 0.5) is 42.3 Å². The minimum atomic E-state index is -4.65. The number of carboxylic acid groups (broad SMARTS) is 1. The minimum absolute atomic E-state index is 0.0103. The number of benzene rings is 2. The van der Waals surface area contributed by atoms with Crippen molar-refractivity contribution >= 4 is 64.4 Å². The standard InChI is InChI=1S/C31H28ClF3N10O6/c32-18-5-3-17(4-6-18)30(11-12-30)45-28-42-27(43-29(44-28)51-15-31(33,34)35)39-20-8-1-16(2-9-20)23(46)40-21(26(49)50)14-38-24(47)25(48)41-22-10-7-19(36)13-37-22/h1-10,13,21H,11-12,14-15,36H2,(H,38,47)(H,40,46)(H,49,50)(H,37,41,48)(H2,39,42,43,44,45)/t21-/m0/s1. The molecule has 0 aliphatic heterocycles. The predicted molar refractivity (Wildman–Crippen MR) is 176 cm³/mol. The quantitative estimate of drug-likeness (QED) is 0.0981. The molecule has 3 amide bonds. The summed E-state index contributed by atoms with van der Waals surface area (Å²) in [6, 6.07) is 13.1. The highest BCUT2D eigenvalue weighted by Crippen LogP contribution is 2.48. The fraction of sp³-hybridized carbons (Fsp3) is 0.226. The SMILES string of the molecule is Nc1ccc(NC(=O)C(=O)NC[C@H](NC(=O)c2ccc(Nc3nc(NC4(c5ccc(Cl)cc5)CC4)nc(OCC(F)(F)F)n3)cc2)C(=O)O)nc1. The molecule has 266 valence electrons. The largest absolute Gasteiger partial charge is 0.480 e. The number of ether oxygens (including phenoxy) is 1. The van der Waals surface area contributed by atoms with Gasteiger partial charge in [0.05, 0.1) is 17.4 Å². The van der Waals surface area contributed by atoms with Gasteiger partial charge in [-0.1, -0.05) is 23.7 Å². The summed E-state index contributed by atoms with van der Waals surface area (Å²) >= 11 is 6.01. The van der Waals surface area contributed by atoms with Crippen LogP contribution in [-0.2, 0) is 19.9 Å². The van der Waals surface area contributed by atoms with E-state index >= 15 is 0 Å². The number of nitrogens with one attached hydrogen (secondary N) is 5. The molecule has 2 aromatic carbocycles. The third-order valence-corrected chi connectivity index (χ3v) is 7.44. The molecule has 1 saturated carbocycles. The summed E-state index contributed by atoms with van der Waals surface area (Å²) in [5.74, 6) is -4.82. The van der Waals surface area contributed by atoms with Crippen molar-refractivity contribution in [1.82, 2.24) is 30.6 Å². The van der Waals surface area contributed by atoms with Crippen molar-refractivity contribution in [3.8, 4) is 6.01 Å². The number of nitrogens with zero attached hydrogens (tertiary/aromatic N) is 4. The molecule has 1 fully saturated rings. The monoisotopic (exact) mass is 728 g/mol. The zero-order valence-corrected chi connectivity index (χ0v) is 26.9. The second-order valence-corrected chi connectivity index (χ2v) is 11.5. The average molecular weight is 729 g/mol. The number of hydrogen-bond acceptors (Lipinski definition) is 12. The second kappa shape index (κ2) is 15.1. The lowest BCUT2D eigenvalue weighted by molar-refractivity contribution is -0.154. The molecule has 1 aliphatic rings. The number of pyridine rings is 1. The van der Waals surface area contributed by atoms with Crippen LogP contribution in [0.5, 0.6) is 6.01 Å². The fourth-order valence-electron chi connectivity index (χ4n) is 4.48. The molecule has 1 atom stereocenters. The molecule has 16 nitrogen and oxygen atoms in total. The molecule has 2 heterocycles. The van der Waals surface area contributed by atoms with E-state index in [4.69, 9.17) is 22.1 Å². The minimum Gasteiger partial charge on any atom is -0.480 e. The van der Waals surface area contributed by atoms with Crippen LogP contribution in [0.2, 0.25) is 5.02 Å². The van der Waals surface area contributed by atoms with Gasteiger partial charge in [0.15, 0.2) is 6.61 Å². The number of nitrogens with two attached hydrogens (primary N) is 1. The molecule has 8 N–H and O–H groups in total. The maximum atomic E-state index is 12.9. The zero-order valence-electron chi connectivity index (χ0n) is 26.1. The summed E-state index contributed by atoms with van der Waals surface area (Å²) in [6.07, 6.45) is -2.01. The first-order valence-corrected chi connectivity index (χ1v) is 15.3. The van der Waals surface area contributed by atoms with Crippen LogP contribution in [0.25, 0.3) is 0 Å². The highest BCUT2D eigenvalue weighted by atomic mass is 35.5. The Kier molecular flexibility index (Phi) is 10.7. The molecule has 51 heavy (non-hydrogen) atoms. The summed E-state index contributed by atoms with van der Waals surface area (Å²) in [4.78, 5) is 64.9. The van der Waals surface area contributed by atoms with E-state index in [9.17, 15) is 37.5 Å². The highest BCUT2D eigenvalue weighted by Gasteiger charge is 2.45. The number of halogens is 4. The third-order valence-electron chi connectivity index (χ3n) is 7.19. The second-order valence-electron chi connectivity index (χ2n) is 11.1. The van der Waals surface area contributed by atoms with E-state index in [0.29, 0.717) is 29.2 Å². The van der Waals surface area contributed by atoms with E-state index in [2.05, 4.69) is 46.5 Å². The Bertz CT molecular complexity index is 1910. The van der Waals surface area contributed by atoms with Gasteiger partial charge in [-0.3, -0.25) is 14.4 Å². The molecule has 0 saturated heterocycles. The van der Waals surface area contributed by atoms with Gasteiger partial charge >= 0.3 is 30.0 Å². The summed E-state index contributed by atoms with van der Waals surface area (Å²) < 4.78 is 43.5. The Morgan fingerprint density at radius 2 is 1.63 bits per heavy atom. The number of alkyl halides is 3. The highest BCUT2D eigenvalue weighted by molar-refractivity contribution is 6.39. The molecule has 0 radical (unpaired) electrons. The molecule has 20 heteroatoms. The fourth-order valence-corrected chi connectivity index (χ4v) is 4.60. The average Bonchev–Trinajstić information content (AvgIpc) is 3.86. The Morgan fingerprint density at radius 3 is 2.24 bits per heavy atom. The first-order valence-electron chi connectivity index (χ1n) is 14.9. The first-order chi connectivity index (χ1) is 24.2. The van der Waals surface area contributed by atoms with Crippen LogP contribution in [0.3, 0.4) is 0 Å². The van der Waals surface area contributed by atoms with Crippen LogP contribution >= 0.6 is 11.6 Å². The summed E-state index contributed by atoms with van der Waals surface area (Å²) in [6.45, 7) is -2.27. The number of aromatic nitrogens is 4. The lowest BCUT2D eigenvalue weighted by Gasteiger charge is -2.19. The maximum absolute atomic E-state index is 12.9. The zero-order chi connectivity index (χ0) is 36.8. The topological polar surface area (TPSA) is 235 Å². The van der Waals surface area contributed by atoms with Gasteiger partial charge in [0.25, 0.3) is 5.91 Å². The van der Waals surface area contributed by atoms with Crippen molar-refractivity contribution in [2.75, 3.05) is 34.8 Å². The summed E-state index contributed by atoms with van der Waals surface area (Å²) in [5, 5.41) is 22.7. The molecule has 0 unspecified atom stereocenters. The number of carbonyl (C=O) groups is 4. The summed E-state index contributed by atoms with van der Waals surface area (Å²) in [7, 11) is 0. The van der Waals surface area contributed by atoms with E-state index in [-0.39, 0.29) is 23.3 Å². The molecular formula is C31H28ClF3N10O6. The van der Waals surface area contributed by atoms with E-state index < -0.39 is 60.6 Å². The van der Waals surface area contributed by atoms with Crippen molar-refractivity contribution in [3.63, 3.8) is 0 Å². The Hall–Kier alpha value is -6.24. The van der Waals surface area contributed by atoms with Gasteiger partial charge in [-0.15, -0.1) is 0 Å². The van der Waals surface area contributed by atoms with Crippen molar-refractivity contribution in [1.29, 1.82) is 0 Å². The molecule has 2 aromatic heterocycles. The van der Waals surface area contributed by atoms with Gasteiger partial charge in [-0.2, -0.15) is 28.1 Å². The van der Waals surface area contributed by atoms with E-state index in [1.54, 1.807) is 12.1 Å². The van der Waals surface area contributed by atoms with Crippen molar-refractivity contribution in [3.05, 3.63) is 83.0 Å². The number of rotatable bonds is 13. The predicted octanol–water partition coefficient (Wildman–Crippen LogP) is 3.23. The number of hydrogen-bond donors (Lipinski definition) is 7. The van der Waals surface area contributed by atoms with Gasteiger partial charge in [0, 0.05) is 22.8 Å². The Labute approximate surface area is 291 Å². The smallest absolute Gasteiger partial charge is 0.422 e. The van der Waals surface area contributed by atoms with E-state index in [1.807, 2.05) is 12.1 Å². The molecule has 4 aromatic rings. The van der Waals surface area contributed by atoms with Gasteiger partial charge in [-0.25, -0.2) is 9.78 Å². The summed E-state index contributed by atoms with van der Waals surface area (Å²) in [5.41, 5.74) is 6.46. The van der Waals surface area contributed by atoms with Gasteiger partial charge < -0.3 is 42.2 Å². The lowest BCUT2D eigenvalue weighted by Crippen LogP contribution is -2.50. The molecule has 1 aliphatic carbocycles. The van der Waals surface area contributed by atoms with Crippen LogP contribution in [0.15, 0.2) is 66.9 Å². The van der Waals surface area contributed by atoms with Crippen LogP contribution in [0, 0.1) is 0 Å². The van der Waals surface area contributed by atoms with Gasteiger partial charge in [-0.05, 0) is 66.9 Å². The number of amides is 3. The van der Waals surface area contributed by atoms with Gasteiger partial charge in [0.1, 0.15) is 11.9 Å². The van der Waals surface area contributed by atoms with E-state index in [1.165, 1.54) is 42.6 Å². The van der Waals surface area contributed by atoms with E-state index in [0.717, 1.165) is 5.56 Å². The molecule has 0 spiro atoms. The van der Waals surface area contributed by atoms with Crippen molar-refractivity contribution in [2.24, 2.45) is 0 Å². The van der Waals surface area contributed by atoms with Crippen LogP contribution < -0.4 is 37.1 Å². The Morgan fingerprint density at radius 1 is 0.941 bits per heavy atom. The number of carboxylic acids is 1. The van der Waals surface area contributed by atoms with Crippen molar-refractivity contribution in [2.45, 2.75) is 30.6 Å². The van der Waals surface area contributed by atoms with Crippen LogP contribution in [0.1, 0.15) is 28.8 Å². The van der Waals surface area contributed by atoms with Crippen LogP contribution in [-0.4, -0.2) is 74.1 Å². The van der Waals surface area contributed by atoms with Crippen molar-refractivity contribution < 1.29 is 42.2 Å². The molecular weight excluding hydrogens is 701 g/mol. The number of anilines is 5. The normalized spacial score (nSPS) is 13.6. The maximum Gasteiger partial charge on any atom is 0.422 e. The molecule has 5 rings (SSSR count). The first kappa shape index (κ1) is 36.1. The number of aliphatic carboxylic acids is 1.